The third kappa shape index (κ3) is 2.91. The minimum absolute atomic E-state index is 0.00859. The van der Waals surface area contributed by atoms with E-state index in [9.17, 15) is 14.7 Å². The number of aromatic nitrogens is 1. The quantitative estimate of drug-likeness (QED) is 0.904. The molecule has 7 heteroatoms. The average Bonchev–Trinajstić information content (AvgIpc) is 3.21. The van der Waals surface area contributed by atoms with Crippen LogP contribution in [0.1, 0.15) is 17.8 Å². The maximum absolute atomic E-state index is 12.6. The highest BCUT2D eigenvalue weighted by Crippen LogP contribution is 2.42. The first kappa shape index (κ1) is 16.5. The van der Waals surface area contributed by atoms with Crippen molar-refractivity contribution in [3.05, 3.63) is 29.3 Å². The fourth-order valence-electron chi connectivity index (χ4n) is 3.89. The number of rotatable bonds is 4. The van der Waals surface area contributed by atoms with Crippen LogP contribution < -0.4 is 0 Å². The van der Waals surface area contributed by atoms with Crippen molar-refractivity contribution in [2.45, 2.75) is 19.3 Å². The minimum atomic E-state index is -0.830. The second-order valence-electron chi connectivity index (χ2n) is 6.83. The first-order valence-electron chi connectivity index (χ1n) is 8.52. The van der Waals surface area contributed by atoms with Crippen molar-refractivity contribution in [3.8, 4) is 0 Å². The first-order valence-corrected chi connectivity index (χ1v) is 9.33. The number of thiazole rings is 1. The van der Waals surface area contributed by atoms with Crippen molar-refractivity contribution in [2.24, 2.45) is 11.3 Å². The highest BCUT2D eigenvalue weighted by atomic mass is 32.1. The number of ether oxygens (including phenoxy) is 1. The van der Waals surface area contributed by atoms with Crippen molar-refractivity contribution < 1.29 is 19.4 Å². The molecule has 2 aliphatic heterocycles. The Morgan fingerprint density at radius 1 is 1.40 bits per heavy atom. The lowest BCUT2D eigenvalue weighted by Crippen LogP contribution is -2.45. The molecular weight excluding hydrogens is 340 g/mol. The number of nitrogens with zero attached hydrogens (tertiary/aromatic N) is 2. The molecule has 1 aromatic heterocycles. The number of fused-ring (bicyclic) bond motifs is 2. The molecule has 2 aliphatic rings. The predicted octanol–water partition coefficient (Wildman–Crippen LogP) is 2.18. The van der Waals surface area contributed by atoms with E-state index in [1.165, 1.54) is 0 Å². The average molecular weight is 360 g/mol. The molecule has 6 nitrogen and oxygen atoms in total. The molecule has 1 amide bonds. The SMILES string of the molecule is O=C(CCc1nc2ccccc2s1)N1C[C@@H]2COCC[C@]2(C(=O)O)C1. The molecule has 0 aliphatic carbocycles. The van der Waals surface area contributed by atoms with Gasteiger partial charge in [-0.15, -0.1) is 11.3 Å². The molecule has 3 heterocycles. The Kier molecular flexibility index (Phi) is 4.21. The van der Waals surface area contributed by atoms with Gasteiger partial charge in [-0.3, -0.25) is 9.59 Å². The molecule has 4 rings (SSSR count). The fraction of sp³-hybridized carbons (Fsp3) is 0.500. The summed E-state index contributed by atoms with van der Waals surface area (Å²) >= 11 is 1.61. The molecule has 2 aromatic rings. The number of carbonyl (C=O) groups is 2. The van der Waals surface area contributed by atoms with Crippen molar-refractivity contribution in [1.82, 2.24) is 9.88 Å². The van der Waals surface area contributed by atoms with Crippen LogP contribution in [0.4, 0.5) is 0 Å². The molecule has 2 atom stereocenters. The molecular formula is C18H20N2O4S. The zero-order chi connectivity index (χ0) is 17.4. The number of carbonyl (C=O) groups excluding carboxylic acids is 1. The second kappa shape index (κ2) is 6.38. The number of para-hydroxylation sites is 1. The number of benzene rings is 1. The Morgan fingerprint density at radius 2 is 2.24 bits per heavy atom. The second-order valence-corrected chi connectivity index (χ2v) is 7.95. The van der Waals surface area contributed by atoms with Gasteiger partial charge in [-0.05, 0) is 18.6 Å². The Balaban J connectivity index is 1.42. The van der Waals surface area contributed by atoms with Crippen LogP contribution in [-0.4, -0.2) is 53.2 Å². The molecule has 2 fully saturated rings. The molecule has 25 heavy (non-hydrogen) atoms. The zero-order valence-electron chi connectivity index (χ0n) is 13.8. The van der Waals surface area contributed by atoms with E-state index in [1.54, 1.807) is 16.2 Å². The summed E-state index contributed by atoms with van der Waals surface area (Å²) in [5.74, 6) is -0.901. The third-order valence-corrected chi connectivity index (χ3v) is 6.47. The number of hydrogen-bond acceptors (Lipinski definition) is 5. The maximum Gasteiger partial charge on any atom is 0.311 e. The zero-order valence-corrected chi connectivity index (χ0v) is 14.6. The van der Waals surface area contributed by atoms with Gasteiger partial charge in [0.05, 0.1) is 27.2 Å². The van der Waals surface area contributed by atoms with Crippen LogP contribution in [-0.2, 0) is 20.7 Å². The van der Waals surface area contributed by atoms with Gasteiger partial charge < -0.3 is 14.7 Å². The molecule has 132 valence electrons. The lowest BCUT2D eigenvalue weighted by molar-refractivity contribution is -0.157. The van der Waals surface area contributed by atoms with E-state index >= 15 is 0 Å². The molecule has 1 aromatic carbocycles. The summed E-state index contributed by atoms with van der Waals surface area (Å²) in [6.07, 6.45) is 1.44. The van der Waals surface area contributed by atoms with Crippen LogP contribution >= 0.6 is 11.3 Å². The summed E-state index contributed by atoms with van der Waals surface area (Å²) < 4.78 is 6.56. The number of hydrogen-bond donors (Lipinski definition) is 1. The lowest BCUT2D eigenvalue weighted by Gasteiger charge is -2.33. The van der Waals surface area contributed by atoms with Crippen LogP contribution in [0.15, 0.2) is 24.3 Å². The number of carboxylic acid groups (broad SMARTS) is 1. The van der Waals surface area contributed by atoms with Crippen molar-refractivity contribution in [1.29, 1.82) is 0 Å². The summed E-state index contributed by atoms with van der Waals surface area (Å²) in [4.78, 5) is 30.7. The number of aryl methyl sites for hydroxylation is 1. The summed E-state index contributed by atoms with van der Waals surface area (Å²) in [6, 6.07) is 7.93. The Bertz CT molecular complexity index is 787. The van der Waals surface area contributed by atoms with Gasteiger partial charge in [-0.2, -0.15) is 0 Å². The minimum Gasteiger partial charge on any atom is -0.481 e. The Labute approximate surface area is 149 Å². The smallest absolute Gasteiger partial charge is 0.311 e. The van der Waals surface area contributed by atoms with Crippen LogP contribution in [0.25, 0.3) is 10.2 Å². The van der Waals surface area contributed by atoms with Crippen molar-refractivity contribution >= 4 is 33.4 Å². The van der Waals surface area contributed by atoms with Gasteiger partial charge in [0.2, 0.25) is 5.91 Å². The van der Waals surface area contributed by atoms with Crippen LogP contribution in [0.3, 0.4) is 0 Å². The van der Waals surface area contributed by atoms with Gasteiger partial charge in [0.1, 0.15) is 0 Å². The van der Waals surface area contributed by atoms with Crippen LogP contribution in [0.5, 0.6) is 0 Å². The van der Waals surface area contributed by atoms with Crippen LogP contribution in [0.2, 0.25) is 0 Å². The molecule has 2 saturated heterocycles. The standard InChI is InChI=1S/C18H20N2O4S/c21-16(6-5-15-19-13-3-1-2-4-14(13)25-15)20-9-12-10-24-8-7-18(12,11-20)17(22)23/h1-4,12H,5-11H2,(H,22,23)/t12-,18+/m1/s1. The first-order chi connectivity index (χ1) is 12.1. The number of aliphatic carboxylic acids is 1. The van der Waals surface area contributed by atoms with E-state index in [2.05, 4.69) is 4.98 Å². The predicted molar refractivity (Wildman–Crippen MR) is 93.5 cm³/mol. The van der Waals surface area contributed by atoms with Crippen molar-refractivity contribution in [2.75, 3.05) is 26.3 Å². The van der Waals surface area contributed by atoms with E-state index in [0.29, 0.717) is 45.6 Å². The summed E-state index contributed by atoms with van der Waals surface area (Å²) in [6.45, 7) is 1.66. The number of carboxylic acids is 1. The highest BCUT2D eigenvalue weighted by Gasteiger charge is 2.54. The van der Waals surface area contributed by atoms with Gasteiger partial charge in [0, 0.05) is 38.5 Å². The molecule has 0 spiro atoms. The van der Waals surface area contributed by atoms with E-state index in [0.717, 1.165) is 15.2 Å². The largest absolute Gasteiger partial charge is 0.481 e. The van der Waals surface area contributed by atoms with E-state index in [4.69, 9.17) is 4.74 Å². The van der Waals surface area contributed by atoms with Gasteiger partial charge in [-0.1, -0.05) is 12.1 Å². The van der Waals surface area contributed by atoms with Gasteiger partial charge in [0.15, 0.2) is 0 Å². The van der Waals surface area contributed by atoms with Crippen LogP contribution in [0, 0.1) is 11.3 Å². The molecule has 0 bridgehead atoms. The van der Waals surface area contributed by atoms with Crippen molar-refractivity contribution in [3.63, 3.8) is 0 Å². The van der Waals surface area contributed by atoms with E-state index < -0.39 is 11.4 Å². The number of likely N-dealkylation sites (tertiary alicyclic amines) is 1. The topological polar surface area (TPSA) is 79.7 Å². The molecule has 1 N–H and O–H groups in total. The third-order valence-electron chi connectivity index (χ3n) is 5.38. The van der Waals surface area contributed by atoms with Gasteiger partial charge >= 0.3 is 5.97 Å². The normalized spacial score (nSPS) is 25.9. The number of amides is 1. The fourth-order valence-corrected chi connectivity index (χ4v) is 4.86. The Morgan fingerprint density at radius 3 is 3.00 bits per heavy atom. The van der Waals surface area contributed by atoms with E-state index in [-0.39, 0.29) is 11.8 Å². The molecule has 0 radical (unpaired) electrons. The molecule has 0 unspecified atom stereocenters. The van der Waals surface area contributed by atoms with Gasteiger partial charge in [0.25, 0.3) is 0 Å². The van der Waals surface area contributed by atoms with Gasteiger partial charge in [-0.25, -0.2) is 4.98 Å². The highest BCUT2D eigenvalue weighted by molar-refractivity contribution is 7.18. The summed E-state index contributed by atoms with van der Waals surface area (Å²) in [7, 11) is 0. The monoisotopic (exact) mass is 360 g/mol. The Hall–Kier alpha value is -1.99. The van der Waals surface area contributed by atoms with E-state index in [1.807, 2.05) is 24.3 Å². The molecule has 0 saturated carbocycles. The lowest BCUT2D eigenvalue weighted by atomic mass is 9.74. The maximum atomic E-state index is 12.6. The summed E-state index contributed by atoms with van der Waals surface area (Å²) in [5, 5.41) is 10.6. The summed E-state index contributed by atoms with van der Waals surface area (Å²) in [5.41, 5.74) is 0.133.